The Hall–Kier alpha value is -1.03. The SMILES string of the molecule is CCC(C)CS(=O)(=O)CCCNc1ccccc1. The zero-order valence-electron chi connectivity index (χ0n) is 11.2. The molecule has 1 N–H and O–H groups in total. The van der Waals surface area contributed by atoms with Crippen LogP contribution in [-0.4, -0.2) is 26.5 Å². The van der Waals surface area contributed by atoms with Crippen LogP contribution in [0.1, 0.15) is 26.7 Å². The molecule has 1 atom stereocenters. The molecule has 1 aromatic rings. The third-order valence-corrected chi connectivity index (χ3v) is 4.96. The van der Waals surface area contributed by atoms with E-state index < -0.39 is 9.84 Å². The predicted octanol–water partition coefficient (Wildman–Crippen LogP) is 2.95. The molecule has 1 aromatic carbocycles. The normalized spacial score (nSPS) is 13.2. The van der Waals surface area contributed by atoms with Gasteiger partial charge in [-0.05, 0) is 24.5 Å². The van der Waals surface area contributed by atoms with Crippen molar-refractivity contribution in [2.24, 2.45) is 5.92 Å². The van der Waals surface area contributed by atoms with Gasteiger partial charge >= 0.3 is 0 Å². The van der Waals surface area contributed by atoms with Crippen molar-refractivity contribution >= 4 is 15.5 Å². The van der Waals surface area contributed by atoms with E-state index in [0.29, 0.717) is 18.7 Å². The van der Waals surface area contributed by atoms with Gasteiger partial charge in [0.1, 0.15) is 0 Å². The predicted molar refractivity (Wildman–Crippen MR) is 77.7 cm³/mol. The van der Waals surface area contributed by atoms with Crippen molar-refractivity contribution in [1.29, 1.82) is 0 Å². The van der Waals surface area contributed by atoms with E-state index in [1.165, 1.54) is 0 Å². The first-order valence-electron chi connectivity index (χ1n) is 6.53. The van der Waals surface area contributed by atoms with Crippen molar-refractivity contribution in [2.45, 2.75) is 26.7 Å². The van der Waals surface area contributed by atoms with Crippen molar-refractivity contribution in [3.05, 3.63) is 30.3 Å². The number of nitrogens with one attached hydrogen (secondary N) is 1. The minimum Gasteiger partial charge on any atom is -0.385 e. The van der Waals surface area contributed by atoms with Gasteiger partial charge in [0.15, 0.2) is 9.84 Å². The van der Waals surface area contributed by atoms with Crippen LogP contribution in [0.2, 0.25) is 0 Å². The second-order valence-corrected chi connectivity index (χ2v) is 7.00. The summed E-state index contributed by atoms with van der Waals surface area (Å²) in [6.45, 7) is 4.71. The summed E-state index contributed by atoms with van der Waals surface area (Å²) in [6, 6.07) is 9.84. The average molecular weight is 269 g/mol. The van der Waals surface area contributed by atoms with E-state index in [1.54, 1.807) is 0 Å². The first kappa shape index (κ1) is 15.0. The molecule has 0 aliphatic heterocycles. The average Bonchev–Trinajstić information content (AvgIpc) is 2.35. The molecule has 18 heavy (non-hydrogen) atoms. The largest absolute Gasteiger partial charge is 0.385 e. The molecule has 0 fully saturated rings. The molecule has 102 valence electrons. The van der Waals surface area contributed by atoms with Crippen LogP contribution in [0, 0.1) is 5.92 Å². The maximum atomic E-state index is 11.8. The fourth-order valence-corrected chi connectivity index (χ4v) is 3.57. The Balaban J connectivity index is 2.25. The molecule has 1 unspecified atom stereocenters. The van der Waals surface area contributed by atoms with Crippen molar-refractivity contribution < 1.29 is 8.42 Å². The van der Waals surface area contributed by atoms with Crippen molar-refractivity contribution in [3.63, 3.8) is 0 Å². The molecular formula is C14H23NO2S. The molecular weight excluding hydrogens is 246 g/mol. The summed E-state index contributed by atoms with van der Waals surface area (Å²) in [5.41, 5.74) is 1.04. The topological polar surface area (TPSA) is 46.2 Å². The Morgan fingerprint density at radius 2 is 1.89 bits per heavy atom. The van der Waals surface area contributed by atoms with E-state index in [9.17, 15) is 8.42 Å². The maximum absolute atomic E-state index is 11.8. The second-order valence-electron chi connectivity index (χ2n) is 4.77. The van der Waals surface area contributed by atoms with Crippen molar-refractivity contribution in [1.82, 2.24) is 0 Å². The van der Waals surface area contributed by atoms with Gasteiger partial charge in [0.05, 0.1) is 11.5 Å². The van der Waals surface area contributed by atoms with E-state index in [4.69, 9.17) is 0 Å². The lowest BCUT2D eigenvalue weighted by atomic mass is 10.2. The Bertz CT molecular complexity index is 428. The maximum Gasteiger partial charge on any atom is 0.150 e. The Morgan fingerprint density at radius 3 is 2.50 bits per heavy atom. The molecule has 0 heterocycles. The molecule has 1 rings (SSSR count). The lowest BCUT2D eigenvalue weighted by Gasteiger charge is -2.10. The van der Waals surface area contributed by atoms with Gasteiger partial charge in [0, 0.05) is 12.2 Å². The fraction of sp³-hybridized carbons (Fsp3) is 0.571. The van der Waals surface area contributed by atoms with Gasteiger partial charge < -0.3 is 5.32 Å². The lowest BCUT2D eigenvalue weighted by Crippen LogP contribution is -2.18. The smallest absolute Gasteiger partial charge is 0.150 e. The summed E-state index contributed by atoms with van der Waals surface area (Å²) < 4.78 is 23.6. The van der Waals surface area contributed by atoms with Crippen LogP contribution >= 0.6 is 0 Å². The van der Waals surface area contributed by atoms with Crippen LogP contribution in [0.5, 0.6) is 0 Å². The zero-order chi connectivity index (χ0) is 13.4. The van der Waals surface area contributed by atoms with Gasteiger partial charge in [-0.15, -0.1) is 0 Å². The summed E-state index contributed by atoms with van der Waals surface area (Å²) in [5, 5.41) is 3.22. The minimum atomic E-state index is -2.89. The van der Waals surface area contributed by atoms with E-state index >= 15 is 0 Å². The summed E-state index contributed by atoms with van der Waals surface area (Å²) >= 11 is 0. The summed E-state index contributed by atoms with van der Waals surface area (Å²) in [6.07, 6.45) is 1.58. The first-order chi connectivity index (χ1) is 8.53. The standard InChI is InChI=1S/C14H23NO2S/c1-3-13(2)12-18(16,17)11-7-10-15-14-8-5-4-6-9-14/h4-6,8-9,13,15H,3,7,10-12H2,1-2H3. The number of hydrogen-bond acceptors (Lipinski definition) is 3. The number of hydrogen-bond donors (Lipinski definition) is 1. The fourth-order valence-electron chi connectivity index (χ4n) is 1.72. The van der Waals surface area contributed by atoms with Gasteiger partial charge in [-0.2, -0.15) is 0 Å². The van der Waals surface area contributed by atoms with E-state index in [-0.39, 0.29) is 11.7 Å². The second kappa shape index (κ2) is 7.41. The van der Waals surface area contributed by atoms with Crippen molar-refractivity contribution in [2.75, 3.05) is 23.4 Å². The van der Waals surface area contributed by atoms with Crippen LogP contribution in [0.4, 0.5) is 5.69 Å². The summed E-state index contributed by atoms with van der Waals surface area (Å²) in [4.78, 5) is 0. The zero-order valence-corrected chi connectivity index (χ0v) is 12.0. The number of rotatable bonds is 8. The number of para-hydroxylation sites is 1. The molecule has 0 spiro atoms. The van der Waals surface area contributed by atoms with Crippen LogP contribution in [0.3, 0.4) is 0 Å². The van der Waals surface area contributed by atoms with E-state index in [1.807, 2.05) is 44.2 Å². The molecule has 3 nitrogen and oxygen atoms in total. The summed E-state index contributed by atoms with van der Waals surface area (Å²) in [5.74, 6) is 0.850. The summed E-state index contributed by atoms with van der Waals surface area (Å²) in [7, 11) is -2.89. The number of anilines is 1. The molecule has 0 amide bonds. The monoisotopic (exact) mass is 269 g/mol. The molecule has 0 aliphatic rings. The molecule has 0 saturated carbocycles. The molecule has 0 aromatic heterocycles. The highest BCUT2D eigenvalue weighted by atomic mass is 32.2. The van der Waals surface area contributed by atoms with Gasteiger partial charge in [-0.1, -0.05) is 38.5 Å². The third-order valence-electron chi connectivity index (χ3n) is 2.97. The van der Waals surface area contributed by atoms with Crippen LogP contribution in [-0.2, 0) is 9.84 Å². The quantitative estimate of drug-likeness (QED) is 0.738. The Morgan fingerprint density at radius 1 is 1.22 bits per heavy atom. The Kier molecular flexibility index (Phi) is 6.19. The molecule has 0 aliphatic carbocycles. The minimum absolute atomic E-state index is 0.261. The molecule has 4 heteroatoms. The lowest BCUT2D eigenvalue weighted by molar-refractivity contribution is 0.563. The van der Waals surface area contributed by atoms with Gasteiger partial charge in [0.2, 0.25) is 0 Å². The van der Waals surface area contributed by atoms with Crippen LogP contribution in [0.15, 0.2) is 30.3 Å². The van der Waals surface area contributed by atoms with Crippen LogP contribution < -0.4 is 5.32 Å². The van der Waals surface area contributed by atoms with Gasteiger partial charge in [-0.25, -0.2) is 8.42 Å². The highest BCUT2D eigenvalue weighted by Gasteiger charge is 2.14. The highest BCUT2D eigenvalue weighted by molar-refractivity contribution is 7.91. The van der Waals surface area contributed by atoms with Crippen LogP contribution in [0.25, 0.3) is 0 Å². The number of benzene rings is 1. The third kappa shape index (κ3) is 6.05. The van der Waals surface area contributed by atoms with E-state index in [2.05, 4.69) is 5.32 Å². The number of sulfone groups is 1. The molecule has 0 radical (unpaired) electrons. The first-order valence-corrected chi connectivity index (χ1v) is 8.35. The van der Waals surface area contributed by atoms with Gasteiger partial charge in [0.25, 0.3) is 0 Å². The molecule has 0 bridgehead atoms. The Labute approximate surface area is 111 Å². The van der Waals surface area contributed by atoms with Gasteiger partial charge in [-0.3, -0.25) is 0 Å². The van der Waals surface area contributed by atoms with E-state index in [0.717, 1.165) is 12.1 Å². The molecule has 0 saturated heterocycles. The van der Waals surface area contributed by atoms with Crippen molar-refractivity contribution in [3.8, 4) is 0 Å². The highest BCUT2D eigenvalue weighted by Crippen LogP contribution is 2.08.